The second kappa shape index (κ2) is 9.53. The van der Waals surface area contributed by atoms with E-state index in [0.717, 1.165) is 24.6 Å². The van der Waals surface area contributed by atoms with Crippen LogP contribution >= 0.6 is 0 Å². The minimum atomic E-state index is -3.67. The second-order valence-corrected chi connectivity index (χ2v) is 8.14. The molecule has 146 valence electrons. The number of benzene rings is 2. The molecule has 1 unspecified atom stereocenters. The number of hydrogen-bond donors (Lipinski definition) is 3. The Morgan fingerprint density at radius 1 is 1.07 bits per heavy atom. The molecule has 0 spiro atoms. The molecule has 0 saturated heterocycles. The largest absolute Gasteiger partial charge is 0.357 e. The van der Waals surface area contributed by atoms with Gasteiger partial charge in [-0.05, 0) is 43.0 Å². The van der Waals surface area contributed by atoms with Crippen molar-refractivity contribution < 1.29 is 8.42 Å². The van der Waals surface area contributed by atoms with Crippen molar-refractivity contribution in [2.24, 2.45) is 10.1 Å². The van der Waals surface area contributed by atoms with Gasteiger partial charge in [-0.1, -0.05) is 48.9 Å². The highest BCUT2D eigenvalue weighted by molar-refractivity contribution is 7.89. The van der Waals surface area contributed by atoms with Gasteiger partial charge in [-0.2, -0.15) is 0 Å². The van der Waals surface area contributed by atoms with Crippen molar-refractivity contribution >= 4 is 16.0 Å². The minimum Gasteiger partial charge on any atom is -0.357 e. The summed E-state index contributed by atoms with van der Waals surface area (Å²) in [7, 11) is -3.67. The lowest BCUT2D eigenvalue weighted by Crippen LogP contribution is -2.39. The SMILES string of the molecule is CCNC(=NCc1ccc(S(N)(=O)=O)cc1)NCC(C)c1ccc(C)cc1. The van der Waals surface area contributed by atoms with Crippen LogP contribution < -0.4 is 15.8 Å². The molecule has 7 heteroatoms. The predicted octanol–water partition coefficient (Wildman–Crippen LogP) is 2.50. The summed E-state index contributed by atoms with van der Waals surface area (Å²) in [4.78, 5) is 4.67. The molecule has 1 atom stereocenters. The molecule has 4 N–H and O–H groups in total. The topological polar surface area (TPSA) is 96.6 Å². The lowest BCUT2D eigenvalue weighted by molar-refractivity contribution is 0.598. The number of sulfonamides is 1. The predicted molar refractivity (Wildman–Crippen MR) is 110 cm³/mol. The standard InChI is InChI=1S/C20H28N4O2S/c1-4-22-20(23-13-16(3)18-9-5-15(2)6-10-18)24-14-17-7-11-19(12-8-17)27(21,25)26/h5-12,16H,4,13-14H2,1-3H3,(H2,21,25,26)(H2,22,23,24). The van der Waals surface area contributed by atoms with E-state index in [1.807, 2.05) is 6.92 Å². The van der Waals surface area contributed by atoms with Crippen LogP contribution in [-0.2, 0) is 16.6 Å². The quantitative estimate of drug-likeness (QED) is 0.501. The molecule has 0 radical (unpaired) electrons. The molecular formula is C20H28N4O2S. The van der Waals surface area contributed by atoms with E-state index in [2.05, 4.69) is 53.7 Å². The van der Waals surface area contributed by atoms with Crippen molar-refractivity contribution in [1.29, 1.82) is 0 Å². The average molecular weight is 389 g/mol. The number of nitrogens with one attached hydrogen (secondary N) is 2. The Balaban J connectivity index is 1.98. The number of hydrogen-bond acceptors (Lipinski definition) is 3. The van der Waals surface area contributed by atoms with Crippen LogP contribution in [0.2, 0.25) is 0 Å². The molecule has 0 amide bonds. The normalized spacial score (nSPS) is 13.3. The third kappa shape index (κ3) is 6.69. The lowest BCUT2D eigenvalue weighted by Gasteiger charge is -2.16. The zero-order valence-electron chi connectivity index (χ0n) is 16.1. The summed E-state index contributed by atoms with van der Waals surface area (Å²) in [5.41, 5.74) is 3.44. The van der Waals surface area contributed by atoms with Gasteiger partial charge in [0.2, 0.25) is 10.0 Å². The molecule has 2 rings (SSSR count). The van der Waals surface area contributed by atoms with E-state index >= 15 is 0 Å². The summed E-state index contributed by atoms with van der Waals surface area (Å²) in [6.07, 6.45) is 0. The van der Waals surface area contributed by atoms with E-state index in [1.54, 1.807) is 12.1 Å². The number of primary sulfonamides is 1. The van der Waals surface area contributed by atoms with Crippen LogP contribution in [0.3, 0.4) is 0 Å². The molecule has 0 heterocycles. The van der Waals surface area contributed by atoms with Gasteiger partial charge in [-0.3, -0.25) is 0 Å². The van der Waals surface area contributed by atoms with Gasteiger partial charge in [-0.15, -0.1) is 0 Å². The zero-order chi connectivity index (χ0) is 19.9. The summed E-state index contributed by atoms with van der Waals surface area (Å²) < 4.78 is 22.6. The van der Waals surface area contributed by atoms with Crippen LogP contribution in [0.5, 0.6) is 0 Å². The van der Waals surface area contributed by atoms with Crippen molar-refractivity contribution in [2.45, 2.75) is 38.1 Å². The van der Waals surface area contributed by atoms with Gasteiger partial charge in [0, 0.05) is 13.1 Å². The molecule has 0 saturated carbocycles. The van der Waals surface area contributed by atoms with Gasteiger partial charge in [-0.25, -0.2) is 18.5 Å². The van der Waals surface area contributed by atoms with Crippen molar-refractivity contribution in [2.75, 3.05) is 13.1 Å². The first-order valence-electron chi connectivity index (χ1n) is 9.00. The Hall–Kier alpha value is -2.38. The number of aliphatic imine (C=N–C) groups is 1. The maximum atomic E-state index is 11.3. The Kier molecular flexibility index (Phi) is 7.38. The van der Waals surface area contributed by atoms with Crippen molar-refractivity contribution in [3.63, 3.8) is 0 Å². The third-order valence-electron chi connectivity index (χ3n) is 4.24. The van der Waals surface area contributed by atoms with E-state index in [-0.39, 0.29) is 4.90 Å². The summed E-state index contributed by atoms with van der Waals surface area (Å²) in [6, 6.07) is 15.0. The Bertz CT molecular complexity index is 860. The zero-order valence-corrected chi connectivity index (χ0v) is 16.9. The molecule has 0 aliphatic rings. The van der Waals surface area contributed by atoms with Gasteiger partial charge in [0.1, 0.15) is 0 Å². The first-order valence-corrected chi connectivity index (χ1v) is 10.5. The van der Waals surface area contributed by atoms with E-state index in [1.165, 1.54) is 23.3 Å². The van der Waals surface area contributed by atoms with Crippen LogP contribution in [0.25, 0.3) is 0 Å². The second-order valence-electron chi connectivity index (χ2n) is 6.58. The average Bonchev–Trinajstić information content (AvgIpc) is 2.64. The van der Waals surface area contributed by atoms with Crippen LogP contribution in [0, 0.1) is 6.92 Å². The molecule has 27 heavy (non-hydrogen) atoms. The number of rotatable bonds is 7. The lowest BCUT2D eigenvalue weighted by atomic mass is 10.0. The van der Waals surface area contributed by atoms with Gasteiger partial charge in [0.15, 0.2) is 5.96 Å². The fraction of sp³-hybridized carbons (Fsp3) is 0.350. The highest BCUT2D eigenvalue weighted by Crippen LogP contribution is 2.15. The van der Waals surface area contributed by atoms with Crippen LogP contribution in [-0.4, -0.2) is 27.5 Å². The number of nitrogens with zero attached hydrogens (tertiary/aromatic N) is 1. The number of aryl methyl sites for hydroxylation is 1. The van der Waals surface area contributed by atoms with E-state index in [9.17, 15) is 8.42 Å². The molecule has 0 aliphatic carbocycles. The van der Waals surface area contributed by atoms with E-state index in [0.29, 0.717) is 12.5 Å². The number of nitrogens with two attached hydrogens (primary N) is 1. The molecule has 6 nitrogen and oxygen atoms in total. The van der Waals surface area contributed by atoms with Crippen molar-refractivity contribution in [3.8, 4) is 0 Å². The van der Waals surface area contributed by atoms with Gasteiger partial charge in [0.25, 0.3) is 0 Å². The Morgan fingerprint density at radius 3 is 2.26 bits per heavy atom. The van der Waals surface area contributed by atoms with Crippen molar-refractivity contribution in [1.82, 2.24) is 10.6 Å². The van der Waals surface area contributed by atoms with Crippen LogP contribution in [0.15, 0.2) is 58.4 Å². The summed E-state index contributed by atoms with van der Waals surface area (Å²) in [6.45, 7) is 8.24. The highest BCUT2D eigenvalue weighted by atomic mass is 32.2. The summed E-state index contributed by atoms with van der Waals surface area (Å²) >= 11 is 0. The maximum Gasteiger partial charge on any atom is 0.238 e. The molecule has 2 aromatic rings. The number of guanidine groups is 1. The molecular weight excluding hydrogens is 360 g/mol. The molecule has 0 aromatic heterocycles. The monoisotopic (exact) mass is 388 g/mol. The first-order chi connectivity index (χ1) is 12.8. The van der Waals surface area contributed by atoms with E-state index in [4.69, 9.17) is 5.14 Å². The fourth-order valence-electron chi connectivity index (χ4n) is 2.56. The first kappa shape index (κ1) is 20.9. The van der Waals surface area contributed by atoms with Crippen LogP contribution in [0.1, 0.15) is 36.5 Å². The Morgan fingerprint density at radius 2 is 1.70 bits per heavy atom. The van der Waals surface area contributed by atoms with Crippen LogP contribution in [0.4, 0.5) is 0 Å². The smallest absolute Gasteiger partial charge is 0.238 e. The molecule has 0 aliphatic heterocycles. The third-order valence-corrected chi connectivity index (χ3v) is 5.17. The highest BCUT2D eigenvalue weighted by Gasteiger charge is 2.08. The minimum absolute atomic E-state index is 0.104. The maximum absolute atomic E-state index is 11.3. The fourth-order valence-corrected chi connectivity index (χ4v) is 3.07. The molecule has 2 aromatic carbocycles. The summed E-state index contributed by atoms with van der Waals surface area (Å²) in [5.74, 6) is 1.08. The van der Waals surface area contributed by atoms with Gasteiger partial charge in [0.05, 0.1) is 11.4 Å². The van der Waals surface area contributed by atoms with Gasteiger partial charge < -0.3 is 10.6 Å². The molecule has 0 bridgehead atoms. The van der Waals surface area contributed by atoms with E-state index < -0.39 is 10.0 Å². The van der Waals surface area contributed by atoms with Gasteiger partial charge >= 0.3 is 0 Å². The Labute approximate surface area is 162 Å². The summed E-state index contributed by atoms with van der Waals surface area (Å²) in [5, 5.41) is 11.7. The molecule has 0 fully saturated rings. The van der Waals surface area contributed by atoms with Crippen molar-refractivity contribution in [3.05, 3.63) is 65.2 Å².